The van der Waals surface area contributed by atoms with Crippen molar-refractivity contribution >= 4 is 22.9 Å². The molecule has 84 valence electrons. The van der Waals surface area contributed by atoms with Crippen molar-refractivity contribution in [2.24, 2.45) is 5.73 Å². The van der Waals surface area contributed by atoms with Gasteiger partial charge in [0.25, 0.3) is 0 Å². The SMILES string of the molecule is NC(Cc1cccs1)Cc1ccncc1Cl. The molecule has 0 aliphatic rings. The van der Waals surface area contributed by atoms with Crippen LogP contribution >= 0.6 is 22.9 Å². The monoisotopic (exact) mass is 252 g/mol. The highest BCUT2D eigenvalue weighted by atomic mass is 35.5. The van der Waals surface area contributed by atoms with E-state index in [9.17, 15) is 0 Å². The molecule has 0 amide bonds. The van der Waals surface area contributed by atoms with Gasteiger partial charge in [0.15, 0.2) is 0 Å². The van der Waals surface area contributed by atoms with Crippen LogP contribution in [0, 0.1) is 0 Å². The van der Waals surface area contributed by atoms with Gasteiger partial charge in [0.1, 0.15) is 0 Å². The average molecular weight is 253 g/mol. The number of hydrogen-bond donors (Lipinski definition) is 1. The van der Waals surface area contributed by atoms with Gasteiger partial charge in [-0.1, -0.05) is 17.7 Å². The van der Waals surface area contributed by atoms with Crippen molar-refractivity contribution in [2.75, 3.05) is 0 Å². The summed E-state index contributed by atoms with van der Waals surface area (Å²) in [5.41, 5.74) is 7.16. The van der Waals surface area contributed by atoms with Crippen LogP contribution < -0.4 is 5.73 Å². The number of hydrogen-bond acceptors (Lipinski definition) is 3. The molecule has 1 atom stereocenters. The highest BCUT2D eigenvalue weighted by Crippen LogP contribution is 2.17. The van der Waals surface area contributed by atoms with Crippen molar-refractivity contribution in [1.29, 1.82) is 0 Å². The molecule has 0 bridgehead atoms. The Morgan fingerprint density at radius 3 is 2.94 bits per heavy atom. The second-order valence-electron chi connectivity index (χ2n) is 3.71. The lowest BCUT2D eigenvalue weighted by molar-refractivity contribution is 0.670. The molecule has 2 N–H and O–H groups in total. The molecule has 0 spiro atoms. The minimum atomic E-state index is 0.110. The van der Waals surface area contributed by atoms with Gasteiger partial charge in [0, 0.05) is 23.3 Å². The van der Waals surface area contributed by atoms with Gasteiger partial charge >= 0.3 is 0 Å². The lowest BCUT2D eigenvalue weighted by atomic mass is 10.0. The van der Waals surface area contributed by atoms with Gasteiger partial charge in [-0.2, -0.15) is 0 Å². The number of nitrogens with zero attached hydrogens (tertiary/aromatic N) is 1. The second kappa shape index (κ2) is 5.43. The van der Waals surface area contributed by atoms with Crippen molar-refractivity contribution < 1.29 is 0 Å². The maximum absolute atomic E-state index is 6.09. The summed E-state index contributed by atoms with van der Waals surface area (Å²) >= 11 is 7.78. The third-order valence-electron chi connectivity index (χ3n) is 2.38. The van der Waals surface area contributed by atoms with E-state index in [1.54, 1.807) is 23.7 Å². The van der Waals surface area contributed by atoms with Crippen LogP contribution in [0.4, 0.5) is 0 Å². The maximum atomic E-state index is 6.09. The number of halogens is 1. The Bertz CT molecular complexity index is 442. The summed E-state index contributed by atoms with van der Waals surface area (Å²) in [6.45, 7) is 0. The van der Waals surface area contributed by atoms with Crippen LogP contribution in [0.15, 0.2) is 36.0 Å². The Balaban J connectivity index is 1.97. The fourth-order valence-electron chi connectivity index (χ4n) is 1.61. The van der Waals surface area contributed by atoms with Crippen LogP contribution in [0.2, 0.25) is 5.02 Å². The first-order valence-electron chi connectivity index (χ1n) is 5.12. The number of aromatic nitrogens is 1. The number of rotatable bonds is 4. The van der Waals surface area contributed by atoms with Crippen molar-refractivity contribution in [3.63, 3.8) is 0 Å². The molecule has 4 heteroatoms. The number of pyridine rings is 1. The van der Waals surface area contributed by atoms with Crippen LogP contribution in [0.3, 0.4) is 0 Å². The predicted octanol–water partition coefficient (Wildman–Crippen LogP) is 2.91. The first-order valence-corrected chi connectivity index (χ1v) is 6.38. The van der Waals surface area contributed by atoms with Crippen LogP contribution in [0.25, 0.3) is 0 Å². The van der Waals surface area contributed by atoms with Gasteiger partial charge in [-0.25, -0.2) is 0 Å². The molecule has 0 saturated heterocycles. The molecule has 2 nitrogen and oxygen atoms in total. The Labute approximate surface area is 104 Å². The van der Waals surface area contributed by atoms with Crippen molar-refractivity contribution in [2.45, 2.75) is 18.9 Å². The van der Waals surface area contributed by atoms with Crippen LogP contribution in [0.5, 0.6) is 0 Å². The zero-order chi connectivity index (χ0) is 11.4. The molecule has 2 aromatic rings. The number of nitrogens with two attached hydrogens (primary N) is 1. The molecule has 0 saturated carbocycles. The van der Waals surface area contributed by atoms with Gasteiger partial charge in [-0.3, -0.25) is 4.98 Å². The van der Waals surface area contributed by atoms with E-state index >= 15 is 0 Å². The Morgan fingerprint density at radius 1 is 1.38 bits per heavy atom. The summed E-state index contributed by atoms with van der Waals surface area (Å²) in [5.74, 6) is 0. The smallest absolute Gasteiger partial charge is 0.0621 e. The first kappa shape index (κ1) is 11.6. The van der Waals surface area contributed by atoms with Crippen LogP contribution in [-0.4, -0.2) is 11.0 Å². The van der Waals surface area contributed by atoms with E-state index in [0.717, 1.165) is 18.4 Å². The highest BCUT2D eigenvalue weighted by molar-refractivity contribution is 7.09. The van der Waals surface area contributed by atoms with Crippen LogP contribution in [0.1, 0.15) is 10.4 Å². The molecule has 2 rings (SSSR count). The molecule has 1 unspecified atom stereocenters. The molecule has 0 aromatic carbocycles. The fraction of sp³-hybridized carbons (Fsp3) is 0.250. The van der Waals surface area contributed by atoms with E-state index in [1.165, 1.54) is 4.88 Å². The molecule has 0 fully saturated rings. The summed E-state index contributed by atoms with van der Waals surface area (Å²) < 4.78 is 0. The average Bonchev–Trinajstić information content (AvgIpc) is 2.74. The predicted molar refractivity (Wildman–Crippen MR) is 68.9 cm³/mol. The zero-order valence-electron chi connectivity index (χ0n) is 8.77. The molecular formula is C12H13ClN2S. The summed E-state index contributed by atoms with van der Waals surface area (Å²) in [6.07, 6.45) is 5.10. The summed E-state index contributed by atoms with van der Waals surface area (Å²) in [5, 5.41) is 2.77. The lowest BCUT2D eigenvalue weighted by Crippen LogP contribution is -2.25. The fourth-order valence-corrected chi connectivity index (χ4v) is 2.61. The van der Waals surface area contributed by atoms with Gasteiger partial charge in [-0.15, -0.1) is 11.3 Å². The second-order valence-corrected chi connectivity index (χ2v) is 5.15. The molecular weight excluding hydrogens is 240 g/mol. The third kappa shape index (κ3) is 3.04. The van der Waals surface area contributed by atoms with E-state index < -0.39 is 0 Å². The quantitative estimate of drug-likeness (QED) is 0.909. The van der Waals surface area contributed by atoms with Crippen LogP contribution in [-0.2, 0) is 12.8 Å². The molecule has 0 aliphatic carbocycles. The van der Waals surface area contributed by atoms with Gasteiger partial charge in [0.2, 0.25) is 0 Å². The van der Waals surface area contributed by atoms with Crippen molar-refractivity contribution in [3.05, 3.63) is 51.4 Å². The first-order chi connectivity index (χ1) is 7.75. The molecule has 0 aliphatic heterocycles. The number of thiophene rings is 1. The molecule has 2 aromatic heterocycles. The minimum Gasteiger partial charge on any atom is -0.327 e. The zero-order valence-corrected chi connectivity index (χ0v) is 10.3. The van der Waals surface area contributed by atoms with E-state index in [4.69, 9.17) is 17.3 Å². The highest BCUT2D eigenvalue weighted by Gasteiger charge is 2.08. The van der Waals surface area contributed by atoms with Gasteiger partial charge < -0.3 is 5.73 Å². The maximum Gasteiger partial charge on any atom is 0.0621 e. The normalized spacial score (nSPS) is 12.6. The lowest BCUT2D eigenvalue weighted by Gasteiger charge is -2.11. The van der Waals surface area contributed by atoms with Gasteiger partial charge in [-0.05, 0) is 35.9 Å². The Morgan fingerprint density at radius 2 is 2.25 bits per heavy atom. The van der Waals surface area contributed by atoms with E-state index in [0.29, 0.717) is 5.02 Å². The Hall–Kier alpha value is -0.900. The third-order valence-corrected chi connectivity index (χ3v) is 3.62. The van der Waals surface area contributed by atoms with Crippen molar-refractivity contribution in [3.8, 4) is 0 Å². The van der Waals surface area contributed by atoms with E-state index in [2.05, 4.69) is 16.4 Å². The Kier molecular flexibility index (Phi) is 3.93. The van der Waals surface area contributed by atoms with Crippen molar-refractivity contribution in [1.82, 2.24) is 4.98 Å². The van der Waals surface area contributed by atoms with E-state index in [1.807, 2.05) is 12.1 Å². The summed E-state index contributed by atoms with van der Waals surface area (Å²) in [7, 11) is 0. The van der Waals surface area contributed by atoms with Gasteiger partial charge in [0.05, 0.1) is 5.02 Å². The van der Waals surface area contributed by atoms with E-state index in [-0.39, 0.29) is 6.04 Å². The standard InChI is InChI=1S/C12H13ClN2S/c13-12-8-15-4-3-9(12)6-10(14)7-11-2-1-5-16-11/h1-5,8,10H,6-7,14H2. The summed E-state index contributed by atoms with van der Waals surface area (Å²) in [4.78, 5) is 5.27. The molecule has 0 radical (unpaired) electrons. The summed E-state index contributed by atoms with van der Waals surface area (Å²) in [6, 6.07) is 6.19. The molecule has 2 heterocycles. The largest absolute Gasteiger partial charge is 0.327 e. The topological polar surface area (TPSA) is 38.9 Å². The minimum absolute atomic E-state index is 0.110. The molecule has 16 heavy (non-hydrogen) atoms.